The van der Waals surface area contributed by atoms with Crippen molar-refractivity contribution >= 4 is 11.6 Å². The summed E-state index contributed by atoms with van der Waals surface area (Å²) in [5.41, 5.74) is -0.646. The first-order chi connectivity index (χ1) is 8.91. The molecule has 0 amide bonds. The second-order valence-electron chi connectivity index (χ2n) is 3.97. The van der Waals surface area contributed by atoms with E-state index in [0.717, 1.165) is 18.9 Å². The molecule has 0 radical (unpaired) electrons. The van der Waals surface area contributed by atoms with Gasteiger partial charge in [0.15, 0.2) is 0 Å². The fraction of sp³-hybridized carbons (Fsp3) is 0.500. The molecule has 0 aliphatic heterocycles. The van der Waals surface area contributed by atoms with Crippen molar-refractivity contribution in [3.8, 4) is 0 Å². The third-order valence-electron chi connectivity index (χ3n) is 2.44. The molecule has 0 saturated heterocycles. The van der Waals surface area contributed by atoms with E-state index in [4.69, 9.17) is 0 Å². The van der Waals surface area contributed by atoms with Gasteiger partial charge < -0.3 is 5.32 Å². The van der Waals surface area contributed by atoms with Crippen LogP contribution < -0.4 is 10.9 Å². The van der Waals surface area contributed by atoms with E-state index in [1.165, 1.54) is 0 Å². The van der Waals surface area contributed by atoms with Crippen LogP contribution in [-0.4, -0.2) is 26.1 Å². The molecule has 0 aliphatic carbocycles. The minimum atomic E-state index is -4.64. The van der Waals surface area contributed by atoms with E-state index in [1.807, 2.05) is 12.0 Å². The van der Waals surface area contributed by atoms with Gasteiger partial charge in [-0.05, 0) is 6.42 Å². The molecule has 9 heteroatoms. The fourth-order valence-electron chi connectivity index (χ4n) is 1.49. The maximum absolute atomic E-state index is 12.5. The summed E-state index contributed by atoms with van der Waals surface area (Å²) in [6.07, 6.45) is -2.82. The molecule has 6 nitrogen and oxygen atoms in total. The first kappa shape index (κ1) is 13.4. The number of aromatic amines is 1. The molecule has 0 saturated carbocycles. The van der Waals surface area contributed by atoms with Crippen molar-refractivity contribution in [2.24, 2.45) is 0 Å². The molecule has 104 valence electrons. The minimum absolute atomic E-state index is 0.221. The highest BCUT2D eigenvalue weighted by atomic mass is 19.4. The lowest BCUT2D eigenvalue weighted by Gasteiger charge is -2.03. The Morgan fingerprint density at radius 3 is 2.79 bits per heavy atom. The Bertz CT molecular complexity index is 630. The number of halogens is 3. The zero-order valence-corrected chi connectivity index (χ0v) is 10.1. The van der Waals surface area contributed by atoms with Crippen LogP contribution in [0.5, 0.6) is 0 Å². The van der Waals surface area contributed by atoms with Crippen molar-refractivity contribution in [3.05, 3.63) is 22.2 Å². The van der Waals surface area contributed by atoms with Gasteiger partial charge in [0, 0.05) is 12.6 Å². The molecule has 2 N–H and O–H groups in total. The van der Waals surface area contributed by atoms with Gasteiger partial charge in [-0.15, -0.1) is 0 Å². The van der Waals surface area contributed by atoms with E-state index in [9.17, 15) is 18.0 Å². The zero-order valence-electron chi connectivity index (χ0n) is 10.1. The molecule has 2 rings (SSSR count). The molecule has 0 unspecified atom stereocenters. The molecule has 0 spiro atoms. The van der Waals surface area contributed by atoms with Gasteiger partial charge in [0.2, 0.25) is 5.82 Å². The third kappa shape index (κ3) is 2.85. The number of nitrogens with one attached hydrogen (secondary N) is 2. The number of nitrogens with zero attached hydrogens (tertiary/aromatic N) is 3. The molecule has 2 aromatic rings. The standard InChI is InChI=1S/C10H12F3N5O/c1-2-3-4-14-6-5-7(19)18-9(15-6)16-8(17-18)10(11,12)13/h5,14H,2-4H2,1H3,(H,15,16,17). The summed E-state index contributed by atoms with van der Waals surface area (Å²) in [5, 5.41) is 4.74. The van der Waals surface area contributed by atoms with Gasteiger partial charge in [-0.2, -0.15) is 27.7 Å². The van der Waals surface area contributed by atoms with E-state index >= 15 is 0 Å². The van der Waals surface area contributed by atoms with Crippen molar-refractivity contribution in [1.29, 1.82) is 0 Å². The number of rotatable bonds is 4. The van der Waals surface area contributed by atoms with E-state index in [2.05, 4.69) is 15.3 Å². The average Bonchev–Trinajstić information content (AvgIpc) is 2.73. The van der Waals surface area contributed by atoms with Crippen LogP contribution >= 0.6 is 0 Å². The molecule has 0 atom stereocenters. The van der Waals surface area contributed by atoms with Crippen molar-refractivity contribution in [3.63, 3.8) is 0 Å². The van der Waals surface area contributed by atoms with Crippen molar-refractivity contribution in [2.75, 3.05) is 11.9 Å². The zero-order chi connectivity index (χ0) is 14.0. The number of aromatic nitrogens is 4. The van der Waals surface area contributed by atoms with E-state index in [0.29, 0.717) is 11.1 Å². The number of fused-ring (bicyclic) bond motifs is 1. The summed E-state index contributed by atoms with van der Waals surface area (Å²) < 4.78 is 38.0. The van der Waals surface area contributed by atoms with Gasteiger partial charge in [0.25, 0.3) is 11.3 Å². The molecule has 0 bridgehead atoms. The first-order valence-electron chi connectivity index (χ1n) is 5.72. The first-order valence-corrected chi connectivity index (χ1v) is 5.72. The van der Waals surface area contributed by atoms with Crippen LogP contribution in [0.15, 0.2) is 10.9 Å². The van der Waals surface area contributed by atoms with Gasteiger partial charge in [0.05, 0.1) is 0 Å². The molecule has 2 heterocycles. The predicted octanol–water partition coefficient (Wildman–Crippen LogP) is 1.65. The fourth-order valence-corrected chi connectivity index (χ4v) is 1.49. The van der Waals surface area contributed by atoms with Crippen molar-refractivity contribution in [2.45, 2.75) is 25.9 Å². The quantitative estimate of drug-likeness (QED) is 0.832. The normalized spacial score (nSPS) is 12.0. The van der Waals surface area contributed by atoms with Gasteiger partial charge in [-0.25, -0.2) is 0 Å². The number of H-pyrrole nitrogens is 1. The number of hydrogen-bond donors (Lipinski definition) is 2. The second kappa shape index (κ2) is 4.90. The SMILES string of the molecule is CCCCNc1cc(=O)n2[nH]c(C(F)(F)F)nc2n1. The Morgan fingerprint density at radius 2 is 2.16 bits per heavy atom. The Balaban J connectivity index is 2.37. The summed E-state index contributed by atoms with van der Waals surface area (Å²) in [6.45, 7) is 2.59. The van der Waals surface area contributed by atoms with Gasteiger partial charge in [-0.3, -0.25) is 9.89 Å². The number of alkyl halides is 3. The lowest BCUT2D eigenvalue weighted by atomic mass is 10.3. The third-order valence-corrected chi connectivity index (χ3v) is 2.44. The average molecular weight is 275 g/mol. The molecule has 0 aliphatic rings. The van der Waals surface area contributed by atoms with E-state index < -0.39 is 17.6 Å². The van der Waals surface area contributed by atoms with Crippen LogP contribution in [0.4, 0.5) is 19.0 Å². The molecule has 2 aromatic heterocycles. The van der Waals surface area contributed by atoms with Crippen LogP contribution in [0.2, 0.25) is 0 Å². The highest BCUT2D eigenvalue weighted by Gasteiger charge is 2.35. The minimum Gasteiger partial charge on any atom is -0.370 e. The molecule has 0 aromatic carbocycles. The second-order valence-corrected chi connectivity index (χ2v) is 3.97. The Labute approximate surface area is 105 Å². The molecule has 0 fully saturated rings. The van der Waals surface area contributed by atoms with E-state index in [1.54, 1.807) is 0 Å². The van der Waals surface area contributed by atoms with Gasteiger partial charge in [0.1, 0.15) is 5.82 Å². The van der Waals surface area contributed by atoms with Crippen LogP contribution in [-0.2, 0) is 6.18 Å². The van der Waals surface area contributed by atoms with Crippen LogP contribution in [0.25, 0.3) is 5.78 Å². The number of unbranched alkanes of at least 4 members (excludes halogenated alkanes) is 1. The Hall–Kier alpha value is -2.06. The molecular weight excluding hydrogens is 263 g/mol. The lowest BCUT2D eigenvalue weighted by molar-refractivity contribution is -0.144. The molecular formula is C10H12F3N5O. The van der Waals surface area contributed by atoms with Crippen molar-refractivity contribution < 1.29 is 13.2 Å². The lowest BCUT2D eigenvalue weighted by Crippen LogP contribution is -2.17. The molecule has 19 heavy (non-hydrogen) atoms. The predicted molar refractivity (Wildman–Crippen MR) is 62.0 cm³/mol. The highest BCUT2D eigenvalue weighted by Crippen LogP contribution is 2.25. The Morgan fingerprint density at radius 1 is 1.42 bits per heavy atom. The number of anilines is 1. The summed E-state index contributed by atoms with van der Waals surface area (Å²) >= 11 is 0. The highest BCUT2D eigenvalue weighted by molar-refractivity contribution is 5.41. The topological polar surface area (TPSA) is 75.1 Å². The van der Waals surface area contributed by atoms with Gasteiger partial charge in [-0.1, -0.05) is 13.3 Å². The van der Waals surface area contributed by atoms with Gasteiger partial charge >= 0.3 is 6.18 Å². The summed E-state index contributed by atoms with van der Waals surface area (Å²) in [6, 6.07) is 1.13. The number of hydrogen-bond acceptors (Lipinski definition) is 4. The maximum Gasteiger partial charge on any atom is 0.451 e. The summed E-state index contributed by atoms with van der Waals surface area (Å²) in [5.74, 6) is -1.33. The van der Waals surface area contributed by atoms with Crippen LogP contribution in [0.3, 0.4) is 0 Å². The Kier molecular flexibility index (Phi) is 3.45. The van der Waals surface area contributed by atoms with Crippen LogP contribution in [0.1, 0.15) is 25.6 Å². The summed E-state index contributed by atoms with van der Waals surface area (Å²) in [7, 11) is 0. The summed E-state index contributed by atoms with van der Waals surface area (Å²) in [4.78, 5) is 18.7. The largest absolute Gasteiger partial charge is 0.451 e. The van der Waals surface area contributed by atoms with Crippen molar-refractivity contribution in [1.82, 2.24) is 19.6 Å². The van der Waals surface area contributed by atoms with E-state index in [-0.39, 0.29) is 11.6 Å². The smallest absolute Gasteiger partial charge is 0.370 e. The maximum atomic E-state index is 12.5. The monoisotopic (exact) mass is 275 g/mol. The van der Waals surface area contributed by atoms with Crippen LogP contribution in [0, 0.1) is 0 Å².